The van der Waals surface area contributed by atoms with Gasteiger partial charge in [0.15, 0.2) is 17.5 Å². The third kappa shape index (κ3) is 4.35. The molecule has 0 aromatic rings. The van der Waals surface area contributed by atoms with Crippen LogP contribution in [0.2, 0.25) is 0 Å². The standard InChI is InChI=1S/C28H43NO8S/c1-8-25(5)15-18(31)28(34)26(6)19(36-20(32)16-29-11-13-38-14-12-29)9-10-24(3,4)22(26)21(33)23(35-17(2)30)27(28,7)37-25/h8,19,21-23,33-34H,1,9-16H2,2-7H3/t19-,21-,22-,23-,25-,26-,27+,28-/m0/s1. The monoisotopic (exact) mass is 553 g/mol. The van der Waals surface area contributed by atoms with Gasteiger partial charge in [0.1, 0.15) is 11.7 Å². The van der Waals surface area contributed by atoms with E-state index < -0.39 is 69.6 Å². The molecule has 0 bridgehead atoms. The van der Waals surface area contributed by atoms with Gasteiger partial charge in [-0.05, 0) is 32.1 Å². The Labute approximate surface area is 229 Å². The number of fused-ring (bicyclic) bond motifs is 3. The average Bonchev–Trinajstić information content (AvgIpc) is 2.82. The van der Waals surface area contributed by atoms with Crippen molar-refractivity contribution in [2.24, 2.45) is 16.7 Å². The second-order valence-electron chi connectivity index (χ2n) is 12.7. The SMILES string of the molecule is C=C[C@@]1(C)CC(=O)[C@]2(O)[C@@]3(C)[C@@H](OC(=O)CN4CCSCC4)CCC(C)(C)[C@@H]3[C@H](O)[C@H](OC(C)=O)[C@@]2(C)O1. The van der Waals surface area contributed by atoms with Crippen LogP contribution in [0, 0.1) is 16.7 Å². The molecule has 2 heterocycles. The summed E-state index contributed by atoms with van der Waals surface area (Å²) in [7, 11) is 0. The van der Waals surface area contributed by atoms with Gasteiger partial charge in [0.2, 0.25) is 0 Å². The minimum Gasteiger partial charge on any atom is -0.461 e. The maximum absolute atomic E-state index is 14.1. The van der Waals surface area contributed by atoms with Gasteiger partial charge in [0.05, 0.1) is 18.2 Å². The Bertz CT molecular complexity index is 997. The maximum atomic E-state index is 14.1. The largest absolute Gasteiger partial charge is 0.461 e. The van der Waals surface area contributed by atoms with Crippen LogP contribution in [0.1, 0.15) is 60.8 Å². The van der Waals surface area contributed by atoms with E-state index in [9.17, 15) is 24.6 Å². The van der Waals surface area contributed by atoms with Gasteiger partial charge >= 0.3 is 11.9 Å². The lowest BCUT2D eigenvalue weighted by atomic mass is 9.39. The van der Waals surface area contributed by atoms with Crippen molar-refractivity contribution >= 4 is 29.5 Å². The summed E-state index contributed by atoms with van der Waals surface area (Å²) in [5.74, 6) is -0.475. The highest BCUT2D eigenvalue weighted by Gasteiger charge is 2.82. The molecule has 4 rings (SSSR count). The van der Waals surface area contributed by atoms with E-state index in [0.29, 0.717) is 12.8 Å². The molecule has 0 unspecified atom stereocenters. The van der Waals surface area contributed by atoms with Crippen molar-refractivity contribution < 1.29 is 38.8 Å². The minimum atomic E-state index is -2.24. The number of rotatable bonds is 5. The first-order valence-electron chi connectivity index (χ1n) is 13.5. The molecule has 2 saturated carbocycles. The average molecular weight is 554 g/mol. The van der Waals surface area contributed by atoms with Gasteiger partial charge < -0.3 is 24.4 Å². The Kier molecular flexibility index (Phi) is 7.67. The molecule has 214 valence electrons. The molecule has 8 atom stereocenters. The van der Waals surface area contributed by atoms with Crippen molar-refractivity contribution in [3.05, 3.63) is 12.7 Å². The molecule has 0 aromatic carbocycles. The van der Waals surface area contributed by atoms with Crippen molar-refractivity contribution in [1.82, 2.24) is 4.90 Å². The fourth-order valence-corrected chi connectivity index (χ4v) is 8.94. The number of hydrogen-bond donors (Lipinski definition) is 2. The number of Topliss-reactive ketones (excluding diaryl/α,β-unsaturated/α-hetero) is 1. The molecule has 0 radical (unpaired) electrons. The molecule has 38 heavy (non-hydrogen) atoms. The number of ketones is 1. The van der Waals surface area contributed by atoms with Gasteiger partial charge in [-0.3, -0.25) is 19.3 Å². The van der Waals surface area contributed by atoms with Gasteiger partial charge in [-0.1, -0.05) is 26.8 Å². The number of carbonyl (C=O) groups excluding carboxylic acids is 3. The number of hydrogen-bond acceptors (Lipinski definition) is 10. The van der Waals surface area contributed by atoms with Crippen molar-refractivity contribution in [3.63, 3.8) is 0 Å². The molecule has 4 aliphatic rings. The van der Waals surface area contributed by atoms with E-state index in [1.165, 1.54) is 19.9 Å². The lowest BCUT2D eigenvalue weighted by Gasteiger charge is -2.71. The Balaban J connectivity index is 1.83. The molecule has 0 spiro atoms. The Morgan fingerprint density at radius 1 is 1.18 bits per heavy atom. The van der Waals surface area contributed by atoms with Crippen LogP contribution >= 0.6 is 11.8 Å². The molecule has 2 saturated heterocycles. The van der Waals surface area contributed by atoms with Crippen molar-refractivity contribution in [3.8, 4) is 0 Å². The smallest absolute Gasteiger partial charge is 0.320 e. The van der Waals surface area contributed by atoms with E-state index >= 15 is 0 Å². The quantitative estimate of drug-likeness (QED) is 0.387. The summed E-state index contributed by atoms with van der Waals surface area (Å²) in [4.78, 5) is 41.6. The second kappa shape index (κ2) is 9.87. The van der Waals surface area contributed by atoms with E-state index in [2.05, 4.69) is 6.58 Å². The molecular formula is C28H43NO8S. The fourth-order valence-electron chi connectivity index (χ4n) is 7.96. The minimum absolute atomic E-state index is 0.120. The van der Waals surface area contributed by atoms with Gasteiger partial charge in [0, 0.05) is 49.3 Å². The number of thioether (sulfide) groups is 1. The van der Waals surface area contributed by atoms with Crippen LogP contribution in [0.15, 0.2) is 12.7 Å². The lowest BCUT2D eigenvalue weighted by Crippen LogP contribution is -2.87. The molecule has 0 aromatic heterocycles. The zero-order valence-corrected chi connectivity index (χ0v) is 24.3. The highest BCUT2D eigenvalue weighted by Crippen LogP contribution is 2.67. The van der Waals surface area contributed by atoms with Crippen molar-refractivity contribution in [2.75, 3.05) is 31.1 Å². The summed E-state index contributed by atoms with van der Waals surface area (Å²) in [5.41, 5.74) is -7.27. The second-order valence-corrected chi connectivity index (χ2v) is 13.9. The highest BCUT2D eigenvalue weighted by molar-refractivity contribution is 7.99. The molecule has 2 aliphatic heterocycles. The van der Waals surface area contributed by atoms with Crippen molar-refractivity contribution in [1.29, 1.82) is 0 Å². The summed E-state index contributed by atoms with van der Waals surface area (Å²) >= 11 is 1.84. The molecular weight excluding hydrogens is 510 g/mol. The maximum Gasteiger partial charge on any atom is 0.320 e. The Morgan fingerprint density at radius 3 is 2.39 bits per heavy atom. The fraction of sp³-hybridized carbons (Fsp3) is 0.821. The first kappa shape index (κ1) is 29.5. The normalized spacial score (nSPS) is 44.9. The van der Waals surface area contributed by atoms with Crippen LogP contribution in [0.4, 0.5) is 0 Å². The summed E-state index contributed by atoms with van der Waals surface area (Å²) in [6.07, 6.45) is -1.22. The third-order valence-electron chi connectivity index (χ3n) is 9.72. The summed E-state index contributed by atoms with van der Waals surface area (Å²) in [6.45, 7) is 15.5. The zero-order chi connectivity index (χ0) is 28.3. The Morgan fingerprint density at radius 2 is 1.82 bits per heavy atom. The van der Waals surface area contributed by atoms with E-state index in [1.807, 2.05) is 30.5 Å². The number of carbonyl (C=O) groups is 3. The summed E-state index contributed by atoms with van der Waals surface area (Å²) in [6, 6.07) is 0. The molecule has 9 nitrogen and oxygen atoms in total. The van der Waals surface area contributed by atoms with Gasteiger partial charge in [0.25, 0.3) is 0 Å². The van der Waals surface area contributed by atoms with E-state index in [1.54, 1.807) is 13.8 Å². The topological polar surface area (TPSA) is 123 Å². The lowest BCUT2D eigenvalue weighted by molar-refractivity contribution is -0.370. The Hall–Kier alpha value is -1.46. The first-order valence-corrected chi connectivity index (χ1v) is 14.7. The van der Waals surface area contributed by atoms with Crippen molar-refractivity contribution in [2.45, 2.75) is 95.9 Å². The van der Waals surface area contributed by atoms with Crippen LogP contribution in [0.25, 0.3) is 0 Å². The highest BCUT2D eigenvalue weighted by atomic mass is 32.2. The predicted octanol–water partition coefficient (Wildman–Crippen LogP) is 2.12. The molecule has 0 amide bonds. The van der Waals surface area contributed by atoms with Gasteiger partial charge in [-0.25, -0.2) is 0 Å². The number of ether oxygens (including phenoxy) is 3. The predicted molar refractivity (Wildman–Crippen MR) is 142 cm³/mol. The van der Waals surface area contributed by atoms with Gasteiger partial charge in [-0.2, -0.15) is 11.8 Å². The first-order chi connectivity index (χ1) is 17.6. The van der Waals surface area contributed by atoms with Crippen LogP contribution < -0.4 is 0 Å². The molecule has 2 aliphatic carbocycles. The molecule has 2 N–H and O–H groups in total. The summed E-state index contributed by atoms with van der Waals surface area (Å²) < 4.78 is 18.2. The van der Waals surface area contributed by atoms with Crippen LogP contribution in [-0.2, 0) is 28.6 Å². The number of esters is 2. The zero-order valence-electron chi connectivity index (χ0n) is 23.5. The van der Waals surface area contributed by atoms with Gasteiger partial charge in [-0.15, -0.1) is 6.58 Å². The number of aliphatic hydroxyl groups is 2. The van der Waals surface area contributed by atoms with E-state index in [4.69, 9.17) is 14.2 Å². The van der Waals surface area contributed by atoms with E-state index in [-0.39, 0.29) is 13.0 Å². The molecule has 4 fully saturated rings. The van der Waals surface area contributed by atoms with Crippen LogP contribution in [0.3, 0.4) is 0 Å². The molecule has 10 heteroatoms. The third-order valence-corrected chi connectivity index (χ3v) is 10.7. The number of nitrogens with zero attached hydrogens (tertiary/aromatic N) is 1. The summed E-state index contributed by atoms with van der Waals surface area (Å²) in [5, 5.41) is 24.6. The van der Waals surface area contributed by atoms with E-state index in [0.717, 1.165) is 24.6 Å². The van der Waals surface area contributed by atoms with Crippen LogP contribution in [-0.4, -0.2) is 99.1 Å². The van der Waals surface area contributed by atoms with Crippen LogP contribution in [0.5, 0.6) is 0 Å². The number of aliphatic hydroxyl groups excluding tert-OH is 1.